The molecule has 0 fully saturated rings. The van der Waals surface area contributed by atoms with E-state index in [0.29, 0.717) is 11.1 Å². The van der Waals surface area contributed by atoms with E-state index in [4.69, 9.17) is 11.5 Å². The number of nitrogens with two attached hydrogens (primary N) is 2. The quantitative estimate of drug-likeness (QED) is 0.305. The van der Waals surface area contributed by atoms with Crippen molar-refractivity contribution >= 4 is 35.9 Å². The van der Waals surface area contributed by atoms with Gasteiger partial charge in [-0.05, 0) is 31.8 Å². The molecule has 0 aliphatic carbocycles. The summed E-state index contributed by atoms with van der Waals surface area (Å²) in [5.74, 6) is -1.58. The molecular formula is C14H12N10O4. The van der Waals surface area contributed by atoms with Crippen LogP contribution in [0.25, 0.3) is 0 Å². The van der Waals surface area contributed by atoms with Crippen LogP contribution in [0.15, 0.2) is 43.7 Å². The number of carbonyl (C=O) groups is 2. The first kappa shape index (κ1) is 18.2. The molecular weight excluding hydrogens is 372 g/mol. The van der Waals surface area contributed by atoms with Gasteiger partial charge in [-0.25, -0.2) is 20.1 Å². The molecule has 142 valence electrons. The second-order valence-electron chi connectivity index (χ2n) is 5.06. The van der Waals surface area contributed by atoms with E-state index < -0.39 is 11.8 Å². The third-order valence-electron chi connectivity index (χ3n) is 3.15. The van der Waals surface area contributed by atoms with Gasteiger partial charge >= 0.3 is 0 Å². The molecule has 0 radical (unpaired) electrons. The summed E-state index contributed by atoms with van der Waals surface area (Å²) in [4.78, 5) is 23.4. The minimum atomic E-state index is -0.655. The number of aromatic nitrogens is 4. The van der Waals surface area contributed by atoms with Crippen LogP contribution >= 0.6 is 0 Å². The smallest absolute Gasteiger partial charge is 0.297 e. The normalized spacial score (nSPS) is 11.1. The van der Waals surface area contributed by atoms with Gasteiger partial charge in [0.15, 0.2) is 0 Å². The number of hydrogen-bond donors (Lipinski definition) is 4. The van der Waals surface area contributed by atoms with Crippen molar-refractivity contribution in [2.24, 2.45) is 10.2 Å². The Balaban J connectivity index is 1.52. The number of benzene rings is 1. The molecule has 2 aromatic heterocycles. The Morgan fingerprint density at radius 3 is 1.50 bits per heavy atom. The summed E-state index contributed by atoms with van der Waals surface area (Å²) < 4.78 is 8.65. The highest BCUT2D eigenvalue weighted by molar-refractivity contribution is 5.97. The van der Waals surface area contributed by atoms with E-state index >= 15 is 0 Å². The van der Waals surface area contributed by atoms with Crippen molar-refractivity contribution in [3.8, 4) is 0 Å². The first-order valence-corrected chi connectivity index (χ1v) is 7.47. The van der Waals surface area contributed by atoms with Crippen molar-refractivity contribution in [2.45, 2.75) is 0 Å². The predicted octanol–water partition coefficient (Wildman–Crippen LogP) is -0.855. The second-order valence-corrected chi connectivity index (χ2v) is 5.06. The number of anilines is 2. The van der Waals surface area contributed by atoms with Gasteiger partial charge in [0, 0.05) is 0 Å². The van der Waals surface area contributed by atoms with E-state index in [0.717, 1.165) is 0 Å². The van der Waals surface area contributed by atoms with E-state index in [1.165, 1.54) is 12.4 Å². The average Bonchev–Trinajstić information content (AvgIpc) is 3.31. The molecule has 6 N–H and O–H groups in total. The van der Waals surface area contributed by atoms with Crippen molar-refractivity contribution < 1.29 is 18.8 Å². The summed E-state index contributed by atoms with van der Waals surface area (Å²) in [6.45, 7) is 0. The van der Waals surface area contributed by atoms with E-state index in [9.17, 15) is 9.59 Å². The zero-order chi connectivity index (χ0) is 19.9. The largest absolute Gasteiger partial charge is 0.379 e. The highest BCUT2D eigenvalue weighted by Gasteiger charge is 2.15. The maximum atomic E-state index is 11.7. The molecule has 0 unspecified atom stereocenters. The number of carbonyl (C=O) groups excluding carboxylic acids is 2. The van der Waals surface area contributed by atoms with Gasteiger partial charge < -0.3 is 11.5 Å². The minimum absolute atomic E-state index is 0.133. The van der Waals surface area contributed by atoms with Crippen molar-refractivity contribution in [2.75, 3.05) is 11.5 Å². The monoisotopic (exact) mass is 384 g/mol. The number of nitrogen functional groups attached to an aromatic ring is 2. The molecule has 0 saturated carbocycles. The van der Waals surface area contributed by atoms with Gasteiger partial charge in [0.05, 0.1) is 12.4 Å². The first-order valence-electron chi connectivity index (χ1n) is 7.47. The molecule has 14 heteroatoms. The molecule has 0 atom stereocenters. The van der Waals surface area contributed by atoms with Crippen LogP contribution in [0.5, 0.6) is 0 Å². The summed E-state index contributed by atoms with van der Waals surface area (Å²) in [5.41, 5.74) is 16.3. The van der Waals surface area contributed by atoms with Crippen LogP contribution in [0.1, 0.15) is 32.1 Å². The molecule has 28 heavy (non-hydrogen) atoms. The first-order chi connectivity index (χ1) is 13.5. The lowest BCUT2D eigenvalue weighted by molar-refractivity contribution is 0.0937. The van der Waals surface area contributed by atoms with Gasteiger partial charge in [-0.15, -0.1) is 0 Å². The molecule has 0 aliphatic heterocycles. The number of nitrogens with one attached hydrogen (secondary N) is 2. The maximum Gasteiger partial charge on any atom is 0.297 e. The van der Waals surface area contributed by atoms with Gasteiger partial charge in [0.25, 0.3) is 11.8 Å². The number of rotatable bonds is 6. The number of amides is 2. The second kappa shape index (κ2) is 8.17. The molecule has 3 aromatic rings. The lowest BCUT2D eigenvalue weighted by Gasteiger charge is -1.98. The van der Waals surface area contributed by atoms with Gasteiger partial charge in [0.2, 0.25) is 23.0 Å². The van der Waals surface area contributed by atoms with Crippen molar-refractivity contribution in [1.82, 2.24) is 31.5 Å². The fourth-order valence-corrected chi connectivity index (χ4v) is 1.81. The van der Waals surface area contributed by atoms with Gasteiger partial charge in [-0.1, -0.05) is 24.3 Å². The molecule has 0 aliphatic rings. The summed E-state index contributed by atoms with van der Waals surface area (Å²) in [5, 5.41) is 20.8. The Morgan fingerprint density at radius 2 is 1.18 bits per heavy atom. The summed E-state index contributed by atoms with van der Waals surface area (Å²) in [6, 6.07) is 6.85. The zero-order valence-electron chi connectivity index (χ0n) is 13.9. The van der Waals surface area contributed by atoms with Crippen LogP contribution in [-0.2, 0) is 0 Å². The Morgan fingerprint density at radius 1 is 0.786 bits per heavy atom. The maximum absolute atomic E-state index is 11.7. The molecule has 2 amide bonds. The van der Waals surface area contributed by atoms with Gasteiger partial charge in [0.1, 0.15) is 0 Å². The lowest BCUT2D eigenvalue weighted by Crippen LogP contribution is -2.19. The molecule has 0 spiro atoms. The van der Waals surface area contributed by atoms with Crippen LogP contribution in [0.3, 0.4) is 0 Å². The van der Waals surface area contributed by atoms with E-state index in [-0.39, 0.29) is 23.0 Å². The average molecular weight is 384 g/mol. The standard InChI is InChI=1S/C14H12N10O4/c15-11-9(21-27-23-11)13(25)19-17-5-7-1-2-8(4-3-7)6-18-20-14(26)10-12(16)24-28-22-10/h1-6H,(H2,15,23)(H2,16,24)(H,19,25)(H,20,26)/b17-5+,18-6+. The van der Waals surface area contributed by atoms with E-state index in [2.05, 4.69) is 50.9 Å². The molecule has 3 rings (SSSR count). The minimum Gasteiger partial charge on any atom is -0.379 e. The third kappa shape index (κ3) is 4.31. The van der Waals surface area contributed by atoms with Crippen molar-refractivity contribution in [1.29, 1.82) is 0 Å². The molecule has 0 bridgehead atoms. The number of nitrogens with zero attached hydrogens (tertiary/aromatic N) is 6. The highest BCUT2D eigenvalue weighted by Crippen LogP contribution is 2.04. The zero-order valence-corrected chi connectivity index (χ0v) is 13.9. The van der Waals surface area contributed by atoms with Crippen molar-refractivity contribution in [3.63, 3.8) is 0 Å². The number of hydrogen-bond acceptors (Lipinski definition) is 12. The Kier molecular flexibility index (Phi) is 5.31. The van der Waals surface area contributed by atoms with Crippen molar-refractivity contribution in [3.05, 3.63) is 46.8 Å². The van der Waals surface area contributed by atoms with Crippen LogP contribution in [-0.4, -0.2) is 44.9 Å². The fourth-order valence-electron chi connectivity index (χ4n) is 1.81. The summed E-state index contributed by atoms with van der Waals surface area (Å²) >= 11 is 0. The predicted molar refractivity (Wildman–Crippen MR) is 94.0 cm³/mol. The fraction of sp³-hybridized carbons (Fsp3) is 0. The molecule has 1 aromatic carbocycles. The Labute approximate surface area is 155 Å². The number of hydrazone groups is 2. The van der Waals surface area contributed by atoms with Crippen LogP contribution in [0, 0.1) is 0 Å². The summed E-state index contributed by atoms with van der Waals surface area (Å²) in [6.07, 6.45) is 2.81. The topological polar surface area (TPSA) is 213 Å². The van der Waals surface area contributed by atoms with Gasteiger partial charge in [-0.2, -0.15) is 10.2 Å². The molecule has 14 nitrogen and oxygen atoms in total. The van der Waals surface area contributed by atoms with Crippen LogP contribution in [0.4, 0.5) is 11.6 Å². The molecule has 0 saturated heterocycles. The molecule has 2 heterocycles. The highest BCUT2D eigenvalue weighted by atomic mass is 16.6. The SMILES string of the molecule is Nc1nonc1C(=O)N/N=C/c1ccc(/C=N/NC(=O)c2nonc2N)cc1. The van der Waals surface area contributed by atoms with E-state index in [1.54, 1.807) is 24.3 Å². The lowest BCUT2D eigenvalue weighted by atomic mass is 10.2. The van der Waals surface area contributed by atoms with Crippen LogP contribution < -0.4 is 22.3 Å². The van der Waals surface area contributed by atoms with Gasteiger partial charge in [-0.3, -0.25) is 9.59 Å². The Bertz CT molecular complexity index is 953. The Hall–Kier alpha value is -4.62. The van der Waals surface area contributed by atoms with E-state index in [1.807, 2.05) is 0 Å². The summed E-state index contributed by atoms with van der Waals surface area (Å²) in [7, 11) is 0. The third-order valence-corrected chi connectivity index (χ3v) is 3.15. The van der Waals surface area contributed by atoms with Crippen LogP contribution in [0.2, 0.25) is 0 Å².